The van der Waals surface area contributed by atoms with Gasteiger partial charge >= 0.3 is 0 Å². The second-order valence-electron chi connectivity index (χ2n) is 4.32. The maximum Gasteiger partial charge on any atom is 0.137 e. The fraction of sp³-hybridized carbons (Fsp3) is 0.600. The van der Waals surface area contributed by atoms with Crippen molar-refractivity contribution in [3.8, 4) is 5.75 Å². The predicted molar refractivity (Wildman–Crippen MR) is 84.3 cm³/mol. The minimum absolute atomic E-state index is 0.636. The lowest BCUT2D eigenvalue weighted by Gasteiger charge is -2.13. The highest BCUT2D eigenvalue weighted by Gasteiger charge is 2.07. The lowest BCUT2D eigenvalue weighted by molar-refractivity contribution is 0.0643. The number of nitrogens with one attached hydrogen (secondary N) is 1. The molecule has 0 aliphatic rings. The van der Waals surface area contributed by atoms with E-state index in [-0.39, 0.29) is 0 Å². The van der Waals surface area contributed by atoms with Gasteiger partial charge in [-0.05, 0) is 28.5 Å². The molecule has 0 aromatic heterocycles. The van der Waals surface area contributed by atoms with Gasteiger partial charge in [0.15, 0.2) is 0 Å². The number of ether oxygens (including phenoxy) is 3. The summed E-state index contributed by atoms with van der Waals surface area (Å²) in [6.07, 6.45) is 0.867. The van der Waals surface area contributed by atoms with Crippen molar-refractivity contribution < 1.29 is 14.2 Å². The van der Waals surface area contributed by atoms with Gasteiger partial charge in [-0.2, -0.15) is 0 Å². The average molecular weight is 346 g/mol. The van der Waals surface area contributed by atoms with Crippen LogP contribution < -0.4 is 10.1 Å². The number of para-hydroxylation sites is 1. The minimum Gasteiger partial charge on any atom is -0.492 e. The molecule has 20 heavy (non-hydrogen) atoms. The van der Waals surface area contributed by atoms with Crippen LogP contribution in [0, 0.1) is 0 Å². The lowest BCUT2D eigenvalue weighted by Crippen LogP contribution is -2.13. The molecule has 0 heterocycles. The highest BCUT2D eigenvalue weighted by Crippen LogP contribution is 2.29. The fourth-order valence-electron chi connectivity index (χ4n) is 1.69. The van der Waals surface area contributed by atoms with Crippen molar-refractivity contribution in [1.29, 1.82) is 0 Å². The Morgan fingerprint density at radius 1 is 1.15 bits per heavy atom. The van der Waals surface area contributed by atoms with Gasteiger partial charge in [0.25, 0.3) is 0 Å². The number of hydrogen-bond donors (Lipinski definition) is 1. The van der Waals surface area contributed by atoms with Crippen molar-refractivity contribution >= 4 is 15.9 Å². The molecule has 1 aromatic rings. The van der Waals surface area contributed by atoms with E-state index in [0.29, 0.717) is 26.4 Å². The first-order valence-electron chi connectivity index (χ1n) is 6.97. The van der Waals surface area contributed by atoms with Crippen molar-refractivity contribution in [1.82, 2.24) is 5.32 Å². The van der Waals surface area contributed by atoms with E-state index in [1.165, 1.54) is 5.56 Å². The third-order valence-electron chi connectivity index (χ3n) is 2.73. The molecule has 0 amide bonds. The largest absolute Gasteiger partial charge is 0.492 e. The fourth-order valence-corrected chi connectivity index (χ4v) is 2.22. The molecule has 0 saturated heterocycles. The Bertz CT molecular complexity index is 374. The van der Waals surface area contributed by atoms with Crippen LogP contribution in [0.2, 0.25) is 0 Å². The number of hydrogen-bond acceptors (Lipinski definition) is 4. The van der Waals surface area contributed by atoms with E-state index >= 15 is 0 Å². The van der Waals surface area contributed by atoms with Gasteiger partial charge in [-0.3, -0.25) is 0 Å². The lowest BCUT2D eigenvalue weighted by atomic mass is 10.2. The first-order chi connectivity index (χ1) is 9.79. The Hall–Kier alpha value is -0.620. The first-order valence-corrected chi connectivity index (χ1v) is 7.76. The van der Waals surface area contributed by atoms with Crippen LogP contribution in [0.1, 0.15) is 18.9 Å². The topological polar surface area (TPSA) is 39.7 Å². The molecule has 0 saturated carbocycles. The minimum atomic E-state index is 0.636. The molecule has 0 aliphatic carbocycles. The Morgan fingerprint density at radius 3 is 2.75 bits per heavy atom. The molecule has 5 heteroatoms. The quantitative estimate of drug-likeness (QED) is 0.626. The molecular formula is C15H24BrNO3. The van der Waals surface area contributed by atoms with E-state index in [0.717, 1.165) is 29.7 Å². The van der Waals surface area contributed by atoms with Crippen LogP contribution in [-0.2, 0) is 16.0 Å². The normalized spacial score (nSPS) is 10.8. The van der Waals surface area contributed by atoms with Crippen LogP contribution in [0.3, 0.4) is 0 Å². The summed E-state index contributed by atoms with van der Waals surface area (Å²) >= 11 is 3.54. The first kappa shape index (κ1) is 17.4. The summed E-state index contributed by atoms with van der Waals surface area (Å²) in [6, 6.07) is 6.11. The Balaban J connectivity index is 2.34. The highest BCUT2D eigenvalue weighted by atomic mass is 79.9. The van der Waals surface area contributed by atoms with Crippen molar-refractivity contribution in [2.24, 2.45) is 0 Å². The number of halogens is 1. The summed E-state index contributed by atoms with van der Waals surface area (Å²) in [6.45, 7) is 6.46. The summed E-state index contributed by atoms with van der Waals surface area (Å²) in [5.74, 6) is 0.922. The maximum absolute atomic E-state index is 5.87. The van der Waals surface area contributed by atoms with E-state index in [2.05, 4.69) is 34.2 Å². The monoisotopic (exact) mass is 345 g/mol. The summed E-state index contributed by atoms with van der Waals surface area (Å²) in [5.41, 5.74) is 1.17. The summed E-state index contributed by atoms with van der Waals surface area (Å²) in [7, 11) is 1.67. The Labute approximate surface area is 129 Å². The van der Waals surface area contributed by atoms with Crippen LogP contribution in [0.15, 0.2) is 22.7 Å². The van der Waals surface area contributed by atoms with E-state index < -0.39 is 0 Å². The zero-order valence-electron chi connectivity index (χ0n) is 12.3. The molecule has 0 fully saturated rings. The van der Waals surface area contributed by atoms with Crippen LogP contribution in [0.4, 0.5) is 0 Å². The molecule has 0 aliphatic heterocycles. The third-order valence-corrected chi connectivity index (χ3v) is 3.35. The number of benzene rings is 1. The van der Waals surface area contributed by atoms with Gasteiger partial charge in [0.05, 0.1) is 24.3 Å². The van der Waals surface area contributed by atoms with Crippen LogP contribution >= 0.6 is 15.9 Å². The third kappa shape index (κ3) is 6.70. The van der Waals surface area contributed by atoms with Gasteiger partial charge in [0.2, 0.25) is 0 Å². The van der Waals surface area contributed by atoms with Crippen LogP contribution in [0.25, 0.3) is 0 Å². The molecule has 1 rings (SSSR count). The van der Waals surface area contributed by atoms with Crippen molar-refractivity contribution in [2.45, 2.75) is 19.9 Å². The van der Waals surface area contributed by atoms with E-state index in [9.17, 15) is 0 Å². The second-order valence-corrected chi connectivity index (χ2v) is 5.17. The summed E-state index contributed by atoms with van der Waals surface area (Å²) in [4.78, 5) is 0. The van der Waals surface area contributed by atoms with Gasteiger partial charge in [-0.15, -0.1) is 0 Å². The van der Waals surface area contributed by atoms with Crippen molar-refractivity contribution in [3.05, 3.63) is 28.2 Å². The van der Waals surface area contributed by atoms with Crippen molar-refractivity contribution in [2.75, 3.05) is 40.1 Å². The van der Waals surface area contributed by atoms with Crippen molar-refractivity contribution in [3.63, 3.8) is 0 Å². The van der Waals surface area contributed by atoms with Gasteiger partial charge in [0, 0.05) is 32.2 Å². The second kappa shape index (κ2) is 11.1. The van der Waals surface area contributed by atoms with Gasteiger partial charge in [0.1, 0.15) is 5.75 Å². The van der Waals surface area contributed by atoms with Crippen LogP contribution in [-0.4, -0.2) is 40.1 Å². The molecule has 1 aromatic carbocycles. The predicted octanol–water partition coefficient (Wildman–Crippen LogP) is 2.99. The molecule has 0 radical (unpaired) electrons. The molecule has 0 spiro atoms. The Morgan fingerprint density at radius 2 is 2.00 bits per heavy atom. The number of rotatable bonds is 11. The molecule has 0 atom stereocenters. The van der Waals surface area contributed by atoms with E-state index in [4.69, 9.17) is 14.2 Å². The molecule has 4 nitrogen and oxygen atoms in total. The number of methoxy groups -OCH3 is 1. The Kier molecular flexibility index (Phi) is 9.66. The van der Waals surface area contributed by atoms with E-state index in [1.807, 2.05) is 12.1 Å². The zero-order chi connectivity index (χ0) is 14.6. The van der Waals surface area contributed by atoms with E-state index in [1.54, 1.807) is 7.11 Å². The standard InChI is InChI=1S/C15H24BrNO3/c1-3-17-12-13-6-4-7-14(16)15(13)20-9-5-8-19-11-10-18-2/h4,6-7,17H,3,5,8-12H2,1-2H3. The average Bonchev–Trinajstić information content (AvgIpc) is 2.46. The molecule has 0 unspecified atom stereocenters. The maximum atomic E-state index is 5.87. The van der Waals surface area contributed by atoms with Crippen LogP contribution in [0.5, 0.6) is 5.75 Å². The SMILES string of the molecule is CCNCc1cccc(Br)c1OCCCOCCOC. The van der Waals surface area contributed by atoms with Gasteiger partial charge < -0.3 is 19.5 Å². The summed E-state index contributed by atoms with van der Waals surface area (Å²) in [5, 5.41) is 3.32. The molecule has 0 bridgehead atoms. The molecular weight excluding hydrogens is 322 g/mol. The summed E-state index contributed by atoms with van der Waals surface area (Å²) < 4.78 is 17.2. The van der Waals surface area contributed by atoms with Gasteiger partial charge in [-0.25, -0.2) is 0 Å². The zero-order valence-corrected chi connectivity index (χ0v) is 13.9. The molecule has 1 N–H and O–H groups in total. The highest BCUT2D eigenvalue weighted by molar-refractivity contribution is 9.10. The van der Waals surface area contributed by atoms with Gasteiger partial charge in [-0.1, -0.05) is 19.1 Å². The molecule has 114 valence electrons. The smallest absolute Gasteiger partial charge is 0.137 e.